The Kier molecular flexibility index (Phi) is 4.11. The van der Waals surface area contributed by atoms with Gasteiger partial charge in [0.1, 0.15) is 0 Å². The summed E-state index contributed by atoms with van der Waals surface area (Å²) in [7, 11) is 1.63. The Labute approximate surface area is 91.5 Å². The molecular formula is C11H22N2O2. The topological polar surface area (TPSA) is 64.3 Å². The van der Waals surface area contributed by atoms with E-state index >= 15 is 0 Å². The van der Waals surface area contributed by atoms with Crippen LogP contribution in [0.15, 0.2) is 0 Å². The number of hydrogen-bond acceptors (Lipinski definition) is 3. The molecule has 1 atom stereocenters. The van der Waals surface area contributed by atoms with Crippen molar-refractivity contribution in [3.63, 3.8) is 0 Å². The third kappa shape index (κ3) is 4.62. The number of nitrogens with one attached hydrogen (secondary N) is 1. The maximum absolute atomic E-state index is 11.6. The van der Waals surface area contributed by atoms with Crippen molar-refractivity contribution < 1.29 is 9.53 Å². The molecule has 15 heavy (non-hydrogen) atoms. The smallest absolute Gasteiger partial charge is 0.222 e. The Hall–Kier alpha value is -0.610. The van der Waals surface area contributed by atoms with Crippen LogP contribution in [0.25, 0.3) is 0 Å². The number of hydrogen-bond donors (Lipinski definition) is 2. The van der Waals surface area contributed by atoms with Gasteiger partial charge in [0.15, 0.2) is 0 Å². The third-order valence-electron chi connectivity index (χ3n) is 2.63. The monoisotopic (exact) mass is 214 g/mol. The van der Waals surface area contributed by atoms with Crippen molar-refractivity contribution in [3.8, 4) is 0 Å². The molecule has 0 aliphatic heterocycles. The number of methoxy groups -OCH3 is 1. The molecule has 0 heterocycles. The minimum Gasteiger partial charge on any atom is -0.382 e. The fourth-order valence-corrected chi connectivity index (χ4v) is 1.73. The van der Waals surface area contributed by atoms with Gasteiger partial charge in [0, 0.05) is 19.6 Å². The van der Waals surface area contributed by atoms with Gasteiger partial charge >= 0.3 is 0 Å². The van der Waals surface area contributed by atoms with Gasteiger partial charge in [-0.05, 0) is 32.6 Å². The van der Waals surface area contributed by atoms with E-state index < -0.39 is 0 Å². The molecule has 0 aromatic rings. The quantitative estimate of drug-likeness (QED) is 0.682. The first-order valence-electron chi connectivity index (χ1n) is 5.50. The molecule has 88 valence electrons. The van der Waals surface area contributed by atoms with Crippen molar-refractivity contribution in [2.24, 2.45) is 11.7 Å². The molecular weight excluding hydrogens is 192 g/mol. The van der Waals surface area contributed by atoms with Crippen molar-refractivity contribution >= 4 is 5.91 Å². The molecule has 1 rings (SSSR count). The highest BCUT2D eigenvalue weighted by molar-refractivity contribution is 5.77. The fourth-order valence-electron chi connectivity index (χ4n) is 1.73. The molecule has 3 N–H and O–H groups in total. The van der Waals surface area contributed by atoms with Crippen molar-refractivity contribution in [1.29, 1.82) is 0 Å². The minimum atomic E-state index is -0.310. The van der Waals surface area contributed by atoms with Crippen molar-refractivity contribution in [3.05, 3.63) is 0 Å². The molecule has 1 fully saturated rings. The number of carbonyl (C=O) groups is 1. The van der Waals surface area contributed by atoms with Gasteiger partial charge in [0.05, 0.1) is 12.1 Å². The van der Waals surface area contributed by atoms with Gasteiger partial charge in [-0.3, -0.25) is 4.79 Å². The van der Waals surface area contributed by atoms with Gasteiger partial charge < -0.3 is 15.8 Å². The van der Waals surface area contributed by atoms with E-state index in [9.17, 15) is 4.79 Å². The fraction of sp³-hybridized carbons (Fsp3) is 0.909. The Morgan fingerprint density at radius 3 is 2.67 bits per heavy atom. The Morgan fingerprint density at radius 2 is 2.20 bits per heavy atom. The Bertz CT molecular complexity index is 225. The molecule has 1 aliphatic carbocycles. The van der Waals surface area contributed by atoms with Gasteiger partial charge in [-0.2, -0.15) is 0 Å². The highest BCUT2D eigenvalue weighted by Gasteiger charge is 2.31. The maximum Gasteiger partial charge on any atom is 0.222 e. The third-order valence-corrected chi connectivity index (χ3v) is 2.63. The Balaban J connectivity index is 2.27. The Morgan fingerprint density at radius 1 is 1.60 bits per heavy atom. The minimum absolute atomic E-state index is 0.0245. The molecule has 1 amide bonds. The summed E-state index contributed by atoms with van der Waals surface area (Å²) in [6.07, 6.45) is 2.78. The second-order valence-electron chi connectivity index (χ2n) is 5.07. The van der Waals surface area contributed by atoms with Crippen LogP contribution in [0.3, 0.4) is 0 Å². The summed E-state index contributed by atoms with van der Waals surface area (Å²) in [5, 5.41) is 2.93. The highest BCUT2D eigenvalue weighted by atomic mass is 16.5. The number of amides is 1. The summed E-state index contributed by atoms with van der Waals surface area (Å²) in [6, 6.07) is 0.0309. The van der Waals surface area contributed by atoms with Crippen LogP contribution in [0, 0.1) is 5.92 Å². The lowest BCUT2D eigenvalue weighted by Gasteiger charge is -2.26. The van der Waals surface area contributed by atoms with E-state index in [1.165, 1.54) is 12.8 Å². The zero-order valence-electron chi connectivity index (χ0n) is 9.88. The molecule has 0 saturated heterocycles. The van der Waals surface area contributed by atoms with E-state index in [0.717, 1.165) is 0 Å². The van der Waals surface area contributed by atoms with Crippen LogP contribution in [0.5, 0.6) is 0 Å². The van der Waals surface area contributed by atoms with Gasteiger partial charge in [-0.25, -0.2) is 0 Å². The first kappa shape index (κ1) is 12.5. The molecule has 4 nitrogen and oxygen atoms in total. The first-order chi connectivity index (χ1) is 6.94. The van der Waals surface area contributed by atoms with Gasteiger partial charge in [-0.1, -0.05) is 0 Å². The van der Waals surface area contributed by atoms with Crippen molar-refractivity contribution in [1.82, 2.24) is 5.32 Å². The van der Waals surface area contributed by atoms with Crippen LogP contribution in [0.4, 0.5) is 0 Å². The average Bonchev–Trinajstić information content (AvgIpc) is 2.82. The van der Waals surface area contributed by atoms with Crippen molar-refractivity contribution in [2.45, 2.75) is 44.7 Å². The van der Waals surface area contributed by atoms with E-state index in [1.807, 2.05) is 13.8 Å². The second kappa shape index (κ2) is 4.94. The number of nitrogens with two attached hydrogens (primary N) is 1. The zero-order chi connectivity index (χ0) is 11.5. The summed E-state index contributed by atoms with van der Waals surface area (Å²) in [5.41, 5.74) is 5.57. The standard InChI is InChI=1S/C11H22N2O2/c1-11(2,7-15-3)13-10(14)6-9(12)8-4-5-8/h8-9H,4-7,12H2,1-3H3,(H,13,14). The van der Waals surface area contributed by atoms with E-state index in [4.69, 9.17) is 10.5 Å². The number of rotatable bonds is 6. The van der Waals surface area contributed by atoms with Crippen LogP contribution < -0.4 is 11.1 Å². The molecule has 0 bridgehead atoms. The molecule has 0 aromatic carbocycles. The molecule has 0 spiro atoms. The van der Waals surface area contributed by atoms with Crippen LogP contribution in [0.2, 0.25) is 0 Å². The van der Waals surface area contributed by atoms with Crippen LogP contribution in [0.1, 0.15) is 33.1 Å². The summed E-state index contributed by atoms with van der Waals surface area (Å²) in [4.78, 5) is 11.6. The van der Waals surface area contributed by atoms with Gasteiger partial charge in [-0.15, -0.1) is 0 Å². The molecule has 1 aliphatic rings. The van der Waals surface area contributed by atoms with E-state index in [2.05, 4.69) is 5.32 Å². The van der Waals surface area contributed by atoms with E-state index in [1.54, 1.807) is 7.11 Å². The second-order valence-corrected chi connectivity index (χ2v) is 5.07. The number of ether oxygens (including phenoxy) is 1. The predicted octanol–water partition coefficient (Wildman–Crippen LogP) is 0.655. The SMILES string of the molecule is COCC(C)(C)NC(=O)CC(N)C1CC1. The van der Waals surface area contributed by atoms with Gasteiger partial charge in [0.2, 0.25) is 5.91 Å². The summed E-state index contributed by atoms with van der Waals surface area (Å²) >= 11 is 0. The van der Waals surface area contributed by atoms with E-state index in [0.29, 0.717) is 18.9 Å². The van der Waals surface area contributed by atoms with Crippen molar-refractivity contribution in [2.75, 3.05) is 13.7 Å². The lowest BCUT2D eigenvalue weighted by atomic mass is 10.1. The number of carbonyl (C=O) groups excluding carboxylic acids is 1. The van der Waals surface area contributed by atoms with Crippen LogP contribution in [-0.4, -0.2) is 31.2 Å². The largest absolute Gasteiger partial charge is 0.382 e. The normalized spacial score (nSPS) is 18.7. The molecule has 4 heteroatoms. The average molecular weight is 214 g/mol. The molecule has 1 saturated carbocycles. The summed E-state index contributed by atoms with van der Waals surface area (Å²) < 4.78 is 5.03. The summed E-state index contributed by atoms with van der Waals surface area (Å²) in [6.45, 7) is 4.39. The molecule has 0 radical (unpaired) electrons. The van der Waals surface area contributed by atoms with E-state index in [-0.39, 0.29) is 17.5 Å². The predicted molar refractivity (Wildman–Crippen MR) is 59.4 cm³/mol. The lowest BCUT2D eigenvalue weighted by Crippen LogP contribution is -2.48. The van der Waals surface area contributed by atoms with Crippen LogP contribution in [-0.2, 0) is 9.53 Å². The van der Waals surface area contributed by atoms with Gasteiger partial charge in [0.25, 0.3) is 0 Å². The zero-order valence-corrected chi connectivity index (χ0v) is 9.88. The molecule has 0 aromatic heterocycles. The van der Waals surface area contributed by atoms with Crippen LogP contribution >= 0.6 is 0 Å². The molecule has 1 unspecified atom stereocenters. The maximum atomic E-state index is 11.6. The summed E-state index contributed by atoms with van der Waals surface area (Å²) in [5.74, 6) is 0.595. The lowest BCUT2D eigenvalue weighted by molar-refractivity contribution is -0.123. The first-order valence-corrected chi connectivity index (χ1v) is 5.50. The highest BCUT2D eigenvalue weighted by Crippen LogP contribution is 2.32.